The normalized spacial score (nSPS) is 11.9. The summed E-state index contributed by atoms with van der Waals surface area (Å²) in [6.07, 6.45) is 0. The van der Waals surface area contributed by atoms with E-state index in [2.05, 4.69) is 114 Å². The quantitative estimate of drug-likeness (QED) is 0.212. The van der Waals surface area contributed by atoms with E-state index in [1.165, 1.54) is 43.4 Å². The average molecular weight is 522 g/mol. The number of nitrogens with zero attached hydrogens (tertiary/aromatic N) is 3. The van der Waals surface area contributed by atoms with Crippen LogP contribution in [0.15, 0.2) is 140 Å². The van der Waals surface area contributed by atoms with Gasteiger partial charge in [0, 0.05) is 11.1 Å². The van der Waals surface area contributed by atoms with E-state index in [0.717, 1.165) is 38.8 Å². The van der Waals surface area contributed by atoms with Crippen LogP contribution >= 0.6 is 0 Å². The summed E-state index contributed by atoms with van der Waals surface area (Å²) in [4.78, 5) is 10.1. The summed E-state index contributed by atoms with van der Waals surface area (Å²) in [5, 5.41) is 8.77. The lowest BCUT2D eigenvalue weighted by molar-refractivity contribution is 1.14. The Morgan fingerprint density at radius 1 is 0.415 bits per heavy atom. The molecule has 9 rings (SSSR count). The van der Waals surface area contributed by atoms with Crippen molar-refractivity contribution < 1.29 is 0 Å². The largest absolute Gasteiger partial charge is 0.293 e. The molecule has 190 valence electrons. The Morgan fingerprint density at radius 2 is 1.02 bits per heavy atom. The molecule has 41 heavy (non-hydrogen) atoms. The SMILES string of the molecule is c1ccc(-n2c3cc(-c4ccc5c(ccc6c7ccccc7ccc56)c4)ccc3c3nc4ccccc4nc32)cc1. The lowest BCUT2D eigenvalue weighted by Crippen LogP contribution is -1.96. The van der Waals surface area contributed by atoms with Crippen molar-refractivity contribution in [3.8, 4) is 16.8 Å². The highest BCUT2D eigenvalue weighted by molar-refractivity contribution is 6.17. The van der Waals surface area contributed by atoms with Gasteiger partial charge in [0.15, 0.2) is 5.65 Å². The summed E-state index contributed by atoms with van der Waals surface area (Å²) in [5.41, 5.74) is 8.14. The molecule has 0 aliphatic heterocycles. The van der Waals surface area contributed by atoms with Crippen LogP contribution in [0.4, 0.5) is 0 Å². The Kier molecular flexibility index (Phi) is 4.61. The molecule has 0 radical (unpaired) electrons. The molecular formula is C38H23N3. The molecule has 3 nitrogen and oxygen atoms in total. The first kappa shape index (κ1) is 22.3. The Balaban J connectivity index is 1.28. The molecule has 0 saturated carbocycles. The Hall–Kier alpha value is -5.54. The molecule has 0 spiro atoms. The highest BCUT2D eigenvalue weighted by atomic mass is 15.1. The zero-order chi connectivity index (χ0) is 26.9. The average Bonchev–Trinajstić information content (AvgIpc) is 3.35. The Morgan fingerprint density at radius 3 is 1.85 bits per heavy atom. The highest BCUT2D eigenvalue weighted by Crippen LogP contribution is 2.37. The van der Waals surface area contributed by atoms with Crippen molar-refractivity contribution >= 4 is 65.4 Å². The second kappa shape index (κ2) is 8.48. The molecule has 0 fully saturated rings. The van der Waals surface area contributed by atoms with E-state index in [9.17, 15) is 0 Å². The smallest absolute Gasteiger partial charge is 0.165 e. The van der Waals surface area contributed by atoms with Gasteiger partial charge in [-0.3, -0.25) is 4.57 Å². The van der Waals surface area contributed by atoms with Crippen LogP contribution in [0, 0.1) is 0 Å². The van der Waals surface area contributed by atoms with Crippen LogP contribution in [0.2, 0.25) is 0 Å². The second-order valence-electron chi connectivity index (χ2n) is 10.7. The van der Waals surface area contributed by atoms with Crippen LogP contribution in [0.3, 0.4) is 0 Å². The summed E-state index contributed by atoms with van der Waals surface area (Å²) >= 11 is 0. The molecule has 0 aliphatic rings. The Bertz CT molecular complexity index is 2470. The number of para-hydroxylation sites is 3. The van der Waals surface area contributed by atoms with Gasteiger partial charge in [-0.05, 0) is 85.9 Å². The van der Waals surface area contributed by atoms with Crippen LogP contribution in [0.25, 0.3) is 82.2 Å². The molecule has 7 aromatic carbocycles. The lowest BCUT2D eigenvalue weighted by atomic mass is 9.94. The number of hydrogen-bond acceptors (Lipinski definition) is 2. The maximum atomic E-state index is 5.09. The van der Waals surface area contributed by atoms with Crippen molar-refractivity contribution in [1.29, 1.82) is 0 Å². The fourth-order valence-corrected chi connectivity index (χ4v) is 6.38. The molecule has 0 unspecified atom stereocenters. The van der Waals surface area contributed by atoms with Crippen molar-refractivity contribution in [2.45, 2.75) is 0 Å². The first-order valence-electron chi connectivity index (χ1n) is 13.9. The minimum absolute atomic E-state index is 0.874. The molecule has 2 heterocycles. The summed E-state index contributed by atoms with van der Waals surface area (Å²) in [5.74, 6) is 0. The Labute approximate surface area is 235 Å². The maximum Gasteiger partial charge on any atom is 0.165 e. The third-order valence-electron chi connectivity index (χ3n) is 8.35. The summed E-state index contributed by atoms with van der Waals surface area (Å²) < 4.78 is 2.24. The van der Waals surface area contributed by atoms with Crippen molar-refractivity contribution in [3.05, 3.63) is 140 Å². The highest BCUT2D eigenvalue weighted by Gasteiger charge is 2.17. The summed E-state index contributed by atoms with van der Waals surface area (Å²) in [6.45, 7) is 0. The first-order valence-corrected chi connectivity index (χ1v) is 13.9. The van der Waals surface area contributed by atoms with Gasteiger partial charge in [0.25, 0.3) is 0 Å². The fourth-order valence-electron chi connectivity index (χ4n) is 6.38. The van der Waals surface area contributed by atoms with Gasteiger partial charge in [0.05, 0.1) is 16.6 Å². The van der Waals surface area contributed by atoms with Gasteiger partial charge < -0.3 is 0 Å². The predicted molar refractivity (Wildman–Crippen MR) is 172 cm³/mol. The van der Waals surface area contributed by atoms with E-state index in [1.807, 2.05) is 30.3 Å². The van der Waals surface area contributed by atoms with E-state index in [1.54, 1.807) is 0 Å². The molecule has 0 aliphatic carbocycles. The first-order chi connectivity index (χ1) is 20.3. The number of fused-ring (bicyclic) bond motifs is 9. The summed E-state index contributed by atoms with van der Waals surface area (Å²) in [6, 6.07) is 49.7. The number of rotatable bonds is 2. The topological polar surface area (TPSA) is 30.7 Å². The second-order valence-corrected chi connectivity index (χ2v) is 10.7. The molecule has 3 heteroatoms. The van der Waals surface area contributed by atoms with Crippen LogP contribution in [-0.2, 0) is 0 Å². The van der Waals surface area contributed by atoms with Crippen molar-refractivity contribution in [2.75, 3.05) is 0 Å². The van der Waals surface area contributed by atoms with Crippen LogP contribution in [0.5, 0.6) is 0 Å². The van der Waals surface area contributed by atoms with E-state index in [4.69, 9.17) is 9.97 Å². The van der Waals surface area contributed by atoms with Crippen molar-refractivity contribution in [1.82, 2.24) is 14.5 Å². The molecule has 2 aromatic heterocycles. The minimum atomic E-state index is 0.874. The van der Waals surface area contributed by atoms with Gasteiger partial charge >= 0.3 is 0 Å². The third-order valence-corrected chi connectivity index (χ3v) is 8.35. The predicted octanol–water partition coefficient (Wildman–Crippen LogP) is 9.85. The van der Waals surface area contributed by atoms with Gasteiger partial charge in [0.1, 0.15) is 5.52 Å². The minimum Gasteiger partial charge on any atom is -0.293 e. The van der Waals surface area contributed by atoms with E-state index in [-0.39, 0.29) is 0 Å². The summed E-state index contributed by atoms with van der Waals surface area (Å²) in [7, 11) is 0. The monoisotopic (exact) mass is 521 g/mol. The zero-order valence-electron chi connectivity index (χ0n) is 22.1. The molecule has 0 atom stereocenters. The molecule has 0 N–H and O–H groups in total. The molecule has 0 amide bonds. The standard InChI is InChI=1S/C38H23N3/c1-2-9-28(10-3-1)41-36-23-26(16-21-33(36)37-38(41)40-35-13-7-6-12-34(35)39-37)25-15-18-30-27(22-25)17-20-31-29-11-5-4-8-24(29)14-19-32(30)31/h1-23H. The van der Waals surface area contributed by atoms with E-state index < -0.39 is 0 Å². The number of hydrogen-bond donors (Lipinski definition) is 0. The van der Waals surface area contributed by atoms with Crippen LogP contribution in [0.1, 0.15) is 0 Å². The molecular weight excluding hydrogens is 498 g/mol. The van der Waals surface area contributed by atoms with Gasteiger partial charge in [-0.25, -0.2) is 9.97 Å². The van der Waals surface area contributed by atoms with Gasteiger partial charge in [-0.2, -0.15) is 0 Å². The number of aromatic nitrogens is 3. The van der Waals surface area contributed by atoms with Crippen molar-refractivity contribution in [3.63, 3.8) is 0 Å². The van der Waals surface area contributed by atoms with E-state index >= 15 is 0 Å². The number of benzene rings is 7. The van der Waals surface area contributed by atoms with Crippen LogP contribution < -0.4 is 0 Å². The molecule has 0 saturated heterocycles. The van der Waals surface area contributed by atoms with Gasteiger partial charge in [-0.1, -0.05) is 97.1 Å². The maximum absolute atomic E-state index is 5.09. The van der Waals surface area contributed by atoms with Gasteiger partial charge in [-0.15, -0.1) is 0 Å². The lowest BCUT2D eigenvalue weighted by Gasteiger charge is -2.11. The van der Waals surface area contributed by atoms with E-state index in [0.29, 0.717) is 0 Å². The molecule has 0 bridgehead atoms. The zero-order valence-corrected chi connectivity index (χ0v) is 22.1. The van der Waals surface area contributed by atoms with Crippen molar-refractivity contribution in [2.24, 2.45) is 0 Å². The van der Waals surface area contributed by atoms with Crippen LogP contribution in [-0.4, -0.2) is 14.5 Å². The van der Waals surface area contributed by atoms with Gasteiger partial charge in [0.2, 0.25) is 0 Å². The third kappa shape index (κ3) is 3.33. The fraction of sp³-hybridized carbons (Fsp3) is 0. The molecule has 9 aromatic rings.